The van der Waals surface area contributed by atoms with Gasteiger partial charge >= 0.3 is 0 Å². The summed E-state index contributed by atoms with van der Waals surface area (Å²) in [6.07, 6.45) is 2.13. The van der Waals surface area contributed by atoms with Crippen LogP contribution in [0.15, 0.2) is 59.6 Å². The minimum absolute atomic E-state index is 0.630. The molecule has 0 amide bonds. The standard InChI is InChI=1S/C16H16N4/c1-20-15(11-12-7-3-2-4-8-12)13-9-5-6-10-14(13)18-16(20)19-17/h2-11H,17H2,1H3,(H,18,19). The lowest BCUT2D eigenvalue weighted by molar-refractivity contribution is 0.668. The molecular formula is C16H16N4. The number of hydrazine groups is 1. The van der Waals surface area contributed by atoms with Crippen molar-refractivity contribution >= 4 is 23.4 Å². The third-order valence-corrected chi connectivity index (χ3v) is 3.32. The molecule has 0 aliphatic carbocycles. The fraction of sp³-hybridized carbons (Fsp3) is 0.0625. The Hall–Kier alpha value is -2.59. The summed E-state index contributed by atoms with van der Waals surface area (Å²) in [6, 6.07) is 18.2. The van der Waals surface area contributed by atoms with Gasteiger partial charge in [0.2, 0.25) is 5.96 Å². The van der Waals surface area contributed by atoms with Crippen molar-refractivity contribution in [1.82, 2.24) is 10.3 Å². The molecule has 1 heterocycles. The van der Waals surface area contributed by atoms with Gasteiger partial charge < -0.3 is 4.90 Å². The fourth-order valence-electron chi connectivity index (χ4n) is 2.28. The van der Waals surface area contributed by atoms with Crippen molar-refractivity contribution in [2.45, 2.75) is 0 Å². The summed E-state index contributed by atoms with van der Waals surface area (Å²) in [5.41, 5.74) is 6.86. The summed E-state index contributed by atoms with van der Waals surface area (Å²) in [4.78, 5) is 6.46. The number of benzene rings is 2. The van der Waals surface area contributed by atoms with Crippen LogP contribution < -0.4 is 11.3 Å². The second-order valence-corrected chi connectivity index (χ2v) is 4.60. The molecule has 3 rings (SSSR count). The molecule has 0 saturated carbocycles. The number of para-hydroxylation sites is 1. The van der Waals surface area contributed by atoms with Crippen LogP contribution in [-0.2, 0) is 0 Å². The summed E-state index contributed by atoms with van der Waals surface area (Å²) in [5, 5.41) is 0. The van der Waals surface area contributed by atoms with Crippen LogP contribution in [0.25, 0.3) is 11.8 Å². The molecule has 100 valence electrons. The van der Waals surface area contributed by atoms with Gasteiger partial charge in [-0.25, -0.2) is 10.8 Å². The summed E-state index contributed by atoms with van der Waals surface area (Å²) in [6.45, 7) is 0. The number of guanidine groups is 1. The van der Waals surface area contributed by atoms with Gasteiger partial charge in [-0.3, -0.25) is 5.43 Å². The molecule has 0 aromatic heterocycles. The molecule has 0 unspecified atom stereocenters. The monoisotopic (exact) mass is 264 g/mol. The maximum Gasteiger partial charge on any atom is 0.217 e. The zero-order valence-electron chi connectivity index (χ0n) is 11.2. The highest BCUT2D eigenvalue weighted by atomic mass is 15.4. The van der Waals surface area contributed by atoms with Gasteiger partial charge in [-0.2, -0.15) is 0 Å². The Bertz CT molecular complexity index is 674. The van der Waals surface area contributed by atoms with Gasteiger partial charge in [0, 0.05) is 12.6 Å². The molecule has 1 aliphatic rings. The first-order valence-electron chi connectivity index (χ1n) is 6.45. The summed E-state index contributed by atoms with van der Waals surface area (Å²) in [5.74, 6) is 6.19. The van der Waals surface area contributed by atoms with Gasteiger partial charge in [0.1, 0.15) is 0 Å². The first-order valence-corrected chi connectivity index (χ1v) is 6.45. The van der Waals surface area contributed by atoms with Gasteiger partial charge in [-0.1, -0.05) is 48.5 Å². The van der Waals surface area contributed by atoms with Gasteiger partial charge in [0.15, 0.2) is 0 Å². The van der Waals surface area contributed by atoms with E-state index < -0.39 is 0 Å². The average Bonchev–Trinajstić information content (AvgIpc) is 2.51. The van der Waals surface area contributed by atoms with E-state index in [9.17, 15) is 0 Å². The average molecular weight is 264 g/mol. The van der Waals surface area contributed by atoms with Crippen molar-refractivity contribution in [2.24, 2.45) is 10.8 Å². The SMILES string of the molecule is CN1C(=Cc2ccccc2)c2ccccc2N=C1NN. The molecule has 0 saturated heterocycles. The van der Waals surface area contributed by atoms with Crippen LogP contribution >= 0.6 is 0 Å². The maximum absolute atomic E-state index is 5.56. The van der Waals surface area contributed by atoms with Crippen LogP contribution in [0.2, 0.25) is 0 Å². The number of rotatable bonds is 1. The first kappa shape index (κ1) is 12.4. The predicted molar refractivity (Wildman–Crippen MR) is 82.9 cm³/mol. The molecular weight excluding hydrogens is 248 g/mol. The largest absolute Gasteiger partial charge is 0.314 e. The van der Waals surface area contributed by atoms with Crippen molar-refractivity contribution in [3.63, 3.8) is 0 Å². The maximum atomic E-state index is 5.56. The zero-order valence-corrected chi connectivity index (χ0v) is 11.2. The van der Waals surface area contributed by atoms with Crippen LogP contribution in [0.5, 0.6) is 0 Å². The van der Waals surface area contributed by atoms with E-state index in [-0.39, 0.29) is 0 Å². The van der Waals surface area contributed by atoms with E-state index in [2.05, 4.69) is 34.7 Å². The molecule has 3 N–H and O–H groups in total. The van der Waals surface area contributed by atoms with Crippen LogP contribution in [0, 0.1) is 0 Å². The van der Waals surface area contributed by atoms with Crippen molar-refractivity contribution < 1.29 is 0 Å². The van der Waals surface area contributed by atoms with Crippen LogP contribution in [0.1, 0.15) is 11.1 Å². The molecule has 20 heavy (non-hydrogen) atoms. The van der Waals surface area contributed by atoms with E-state index in [1.54, 1.807) is 0 Å². The lowest BCUT2D eigenvalue weighted by atomic mass is 10.0. The minimum Gasteiger partial charge on any atom is -0.314 e. The van der Waals surface area contributed by atoms with Gasteiger partial charge in [0.05, 0.1) is 11.4 Å². The normalized spacial score (nSPS) is 15.8. The van der Waals surface area contributed by atoms with Crippen molar-refractivity contribution in [2.75, 3.05) is 7.05 Å². The lowest BCUT2D eigenvalue weighted by Crippen LogP contribution is -2.42. The lowest BCUT2D eigenvalue weighted by Gasteiger charge is -2.29. The van der Waals surface area contributed by atoms with Gasteiger partial charge in [-0.05, 0) is 17.7 Å². The number of fused-ring (bicyclic) bond motifs is 1. The van der Waals surface area contributed by atoms with Crippen molar-refractivity contribution in [3.05, 3.63) is 65.7 Å². The molecule has 0 atom stereocenters. The Morgan fingerprint density at radius 2 is 1.75 bits per heavy atom. The predicted octanol–water partition coefficient (Wildman–Crippen LogP) is 2.58. The van der Waals surface area contributed by atoms with E-state index >= 15 is 0 Å². The second kappa shape index (κ2) is 5.19. The quantitative estimate of drug-likeness (QED) is 0.615. The van der Waals surface area contributed by atoms with E-state index in [1.165, 1.54) is 0 Å². The van der Waals surface area contributed by atoms with Gasteiger partial charge in [-0.15, -0.1) is 0 Å². The van der Waals surface area contributed by atoms with Crippen molar-refractivity contribution in [3.8, 4) is 0 Å². The third kappa shape index (κ3) is 2.17. The topological polar surface area (TPSA) is 53.6 Å². The molecule has 0 radical (unpaired) electrons. The Kier molecular flexibility index (Phi) is 3.23. The third-order valence-electron chi connectivity index (χ3n) is 3.32. The molecule has 2 aromatic carbocycles. The highest BCUT2D eigenvalue weighted by Crippen LogP contribution is 2.33. The number of nitrogens with zero attached hydrogens (tertiary/aromatic N) is 2. The molecule has 2 aromatic rings. The zero-order chi connectivity index (χ0) is 13.9. The molecule has 0 bridgehead atoms. The molecule has 0 fully saturated rings. The number of nitrogens with one attached hydrogen (secondary N) is 1. The number of nitrogens with two attached hydrogens (primary N) is 1. The first-order chi connectivity index (χ1) is 9.79. The van der Waals surface area contributed by atoms with Crippen LogP contribution in [0.3, 0.4) is 0 Å². The smallest absolute Gasteiger partial charge is 0.217 e. The van der Waals surface area contributed by atoms with Crippen LogP contribution in [0.4, 0.5) is 5.69 Å². The van der Waals surface area contributed by atoms with Gasteiger partial charge in [0.25, 0.3) is 0 Å². The molecule has 1 aliphatic heterocycles. The Morgan fingerprint density at radius 1 is 1.05 bits per heavy atom. The molecule has 4 nitrogen and oxygen atoms in total. The Labute approximate surface area is 118 Å². The highest BCUT2D eigenvalue weighted by Gasteiger charge is 2.20. The van der Waals surface area contributed by atoms with E-state index in [0.29, 0.717) is 5.96 Å². The van der Waals surface area contributed by atoms with Crippen molar-refractivity contribution in [1.29, 1.82) is 0 Å². The number of aliphatic imine (C=N–C) groups is 1. The Balaban J connectivity index is 2.15. The summed E-state index contributed by atoms with van der Waals surface area (Å²) >= 11 is 0. The molecule has 0 spiro atoms. The highest BCUT2D eigenvalue weighted by molar-refractivity contribution is 6.00. The summed E-state index contributed by atoms with van der Waals surface area (Å²) < 4.78 is 0. The molecule has 4 heteroatoms. The van der Waals surface area contributed by atoms with E-state index in [1.807, 2.05) is 48.3 Å². The van der Waals surface area contributed by atoms with E-state index in [4.69, 9.17) is 5.84 Å². The van der Waals surface area contributed by atoms with Crippen LogP contribution in [-0.4, -0.2) is 17.9 Å². The fourth-order valence-corrected chi connectivity index (χ4v) is 2.28. The second-order valence-electron chi connectivity index (χ2n) is 4.60. The number of hydrogen-bond acceptors (Lipinski definition) is 4. The van der Waals surface area contributed by atoms with E-state index in [0.717, 1.165) is 22.5 Å². The Morgan fingerprint density at radius 3 is 2.50 bits per heavy atom. The minimum atomic E-state index is 0.630. The summed E-state index contributed by atoms with van der Waals surface area (Å²) in [7, 11) is 1.95. The number of hydrogen-bond donors (Lipinski definition) is 2.